The van der Waals surface area contributed by atoms with Gasteiger partial charge in [-0.25, -0.2) is 4.57 Å². The lowest BCUT2D eigenvalue weighted by Crippen LogP contribution is -2.32. The number of fused-ring (bicyclic) bond motifs is 1. The highest BCUT2D eigenvalue weighted by molar-refractivity contribution is 5.92. The molecular formula is C26H33N2+. The Hall–Kier alpha value is -2.22. The summed E-state index contributed by atoms with van der Waals surface area (Å²) in [6, 6.07) is 11.4. The summed E-state index contributed by atoms with van der Waals surface area (Å²) in [5.74, 6) is 1.29. The monoisotopic (exact) mass is 374 g/mol. The summed E-state index contributed by atoms with van der Waals surface area (Å²) in [6.07, 6.45) is 6.64. The van der Waals surface area contributed by atoms with Crippen LogP contribution in [0.25, 0.3) is 22.2 Å². The Bertz CT molecular complexity index is 1060. The van der Waals surface area contributed by atoms with Crippen LogP contribution < -0.4 is 4.57 Å². The lowest BCUT2D eigenvalue weighted by Gasteiger charge is -2.17. The van der Waals surface area contributed by atoms with Crippen molar-refractivity contribution >= 4 is 10.9 Å². The topological polar surface area (TPSA) is 16.8 Å². The van der Waals surface area contributed by atoms with Crippen molar-refractivity contribution in [3.8, 4) is 11.3 Å². The zero-order valence-corrected chi connectivity index (χ0v) is 18.0. The van der Waals surface area contributed by atoms with Crippen LogP contribution in [0.4, 0.5) is 0 Å². The second-order valence-electron chi connectivity index (χ2n) is 9.06. The van der Waals surface area contributed by atoms with Crippen LogP contribution in [-0.4, -0.2) is 4.98 Å². The van der Waals surface area contributed by atoms with Crippen molar-refractivity contribution < 1.29 is 5.94 Å². The summed E-state index contributed by atoms with van der Waals surface area (Å²) < 4.78 is 10.4. The van der Waals surface area contributed by atoms with E-state index >= 15 is 0 Å². The third-order valence-corrected chi connectivity index (χ3v) is 6.39. The van der Waals surface area contributed by atoms with Gasteiger partial charge in [0, 0.05) is 5.56 Å². The number of aryl methyl sites for hydroxylation is 1. The van der Waals surface area contributed by atoms with E-state index in [9.17, 15) is 0 Å². The van der Waals surface area contributed by atoms with E-state index in [0.29, 0.717) is 18.1 Å². The Balaban J connectivity index is 1.94. The van der Waals surface area contributed by atoms with Crippen molar-refractivity contribution in [1.82, 2.24) is 4.98 Å². The van der Waals surface area contributed by atoms with Gasteiger partial charge in [0.2, 0.25) is 0 Å². The van der Waals surface area contributed by atoms with Crippen LogP contribution in [0.15, 0.2) is 36.6 Å². The minimum Gasteiger partial charge on any atom is -0.232 e. The smallest absolute Gasteiger partial charge is 0.232 e. The molecule has 1 aliphatic rings. The van der Waals surface area contributed by atoms with E-state index in [-0.39, 0.29) is 0 Å². The van der Waals surface area contributed by atoms with E-state index in [1.165, 1.54) is 53.5 Å². The van der Waals surface area contributed by atoms with Crippen LogP contribution in [0.5, 0.6) is 0 Å². The van der Waals surface area contributed by atoms with Crippen molar-refractivity contribution in [2.24, 2.45) is 13.0 Å². The highest BCUT2D eigenvalue weighted by Crippen LogP contribution is 2.38. The Labute approximate surface area is 171 Å². The summed E-state index contributed by atoms with van der Waals surface area (Å²) in [5.41, 5.74) is 8.73. The van der Waals surface area contributed by atoms with E-state index in [1.807, 2.05) is 11.6 Å². The molecule has 1 saturated carbocycles. The summed E-state index contributed by atoms with van der Waals surface area (Å²) in [6.45, 7) is 8.92. The highest BCUT2D eigenvalue weighted by Gasteiger charge is 2.22. The molecule has 0 saturated heterocycles. The van der Waals surface area contributed by atoms with Gasteiger partial charge in [-0.2, -0.15) is 0 Å². The first kappa shape index (κ1) is 17.8. The number of hydrogen-bond acceptors (Lipinski definition) is 1. The fourth-order valence-electron chi connectivity index (χ4n) is 4.78. The molecule has 0 bridgehead atoms. The number of hydrogen-bond donors (Lipinski definition) is 0. The molecule has 3 aromatic rings. The van der Waals surface area contributed by atoms with Crippen molar-refractivity contribution in [2.75, 3.05) is 0 Å². The quantitative estimate of drug-likeness (QED) is 0.497. The largest absolute Gasteiger partial charge is 0.287 e. The molecule has 0 amide bonds. The second-order valence-corrected chi connectivity index (χ2v) is 9.06. The maximum absolute atomic E-state index is 8.50. The lowest BCUT2D eigenvalue weighted by molar-refractivity contribution is -0.662. The van der Waals surface area contributed by atoms with Gasteiger partial charge >= 0.3 is 0 Å². The molecule has 2 aromatic carbocycles. The van der Waals surface area contributed by atoms with Crippen LogP contribution in [0.3, 0.4) is 0 Å². The van der Waals surface area contributed by atoms with Crippen LogP contribution in [-0.2, 0) is 13.5 Å². The van der Waals surface area contributed by atoms with Gasteiger partial charge in [-0.1, -0.05) is 38.8 Å². The number of benzene rings is 2. The molecule has 1 aromatic heterocycles. The molecule has 0 radical (unpaired) electrons. The van der Waals surface area contributed by atoms with Gasteiger partial charge < -0.3 is 0 Å². The first-order valence-electron chi connectivity index (χ1n) is 11.3. The van der Waals surface area contributed by atoms with Crippen molar-refractivity contribution in [2.45, 2.75) is 65.7 Å². The molecular weight excluding hydrogens is 340 g/mol. The number of nitrogens with zero attached hydrogens (tertiary/aromatic N) is 2. The van der Waals surface area contributed by atoms with Gasteiger partial charge in [0.1, 0.15) is 5.69 Å². The first-order valence-corrected chi connectivity index (χ1v) is 10.8. The van der Waals surface area contributed by atoms with Gasteiger partial charge in [0.05, 0.1) is 12.4 Å². The third-order valence-electron chi connectivity index (χ3n) is 6.39. The zero-order valence-electron chi connectivity index (χ0n) is 19.0. The maximum Gasteiger partial charge on any atom is 0.287 e. The molecule has 28 heavy (non-hydrogen) atoms. The minimum atomic E-state index is 0.317. The Morgan fingerprint density at radius 2 is 1.89 bits per heavy atom. The van der Waals surface area contributed by atoms with E-state index in [1.54, 1.807) is 0 Å². The molecule has 4 rings (SSSR count). The Morgan fingerprint density at radius 3 is 2.61 bits per heavy atom. The van der Waals surface area contributed by atoms with E-state index in [0.717, 1.165) is 23.0 Å². The summed E-state index contributed by atoms with van der Waals surface area (Å²) >= 11 is 0. The van der Waals surface area contributed by atoms with Gasteiger partial charge in [0.15, 0.2) is 6.89 Å². The number of rotatable bonds is 4. The standard InChI is InChI=1S/C26H33N2/c1-17(2)12-20-10-11-23-25(14-20)27-16-28(5)26(23)24-15-22(13-18(3)19(24)4)21-8-6-7-9-21/h10-11,13-17,21H,6-9,12H2,1-5H3/q+1/i16D. The maximum atomic E-state index is 8.50. The summed E-state index contributed by atoms with van der Waals surface area (Å²) in [7, 11) is 1.98. The fraction of sp³-hybridized carbons (Fsp3) is 0.462. The molecule has 1 fully saturated rings. The van der Waals surface area contributed by atoms with Crippen molar-refractivity contribution in [3.63, 3.8) is 0 Å². The van der Waals surface area contributed by atoms with Gasteiger partial charge in [-0.05, 0) is 90.4 Å². The molecule has 146 valence electrons. The predicted octanol–water partition coefficient (Wildman–Crippen LogP) is 6.20. The molecule has 1 aliphatic carbocycles. The normalized spacial score (nSPS) is 15.6. The molecule has 1 heterocycles. The fourth-order valence-corrected chi connectivity index (χ4v) is 4.78. The van der Waals surface area contributed by atoms with Crippen LogP contribution in [0, 0.1) is 19.8 Å². The lowest BCUT2D eigenvalue weighted by atomic mass is 9.89. The van der Waals surface area contributed by atoms with Gasteiger partial charge in [0.25, 0.3) is 6.30 Å². The number of aromatic nitrogens is 2. The summed E-state index contributed by atoms with van der Waals surface area (Å²) in [4.78, 5) is 4.61. The molecule has 0 N–H and O–H groups in total. The van der Waals surface area contributed by atoms with E-state index in [4.69, 9.17) is 1.37 Å². The van der Waals surface area contributed by atoms with Gasteiger partial charge in [-0.3, -0.25) is 0 Å². The van der Waals surface area contributed by atoms with Crippen molar-refractivity contribution in [1.29, 1.82) is 0 Å². The SMILES string of the molecule is [2H]c1nc2cc(CC(C)C)ccc2c(-c2cc(C3CCCC3)cc(C)c2C)[n+]1C. The van der Waals surface area contributed by atoms with Gasteiger partial charge in [-0.15, -0.1) is 0 Å². The molecule has 0 spiro atoms. The molecule has 2 heteroatoms. The van der Waals surface area contributed by atoms with Crippen LogP contribution in [0.1, 0.15) is 69.1 Å². The third kappa shape index (κ3) is 3.57. The minimum absolute atomic E-state index is 0.317. The van der Waals surface area contributed by atoms with Crippen LogP contribution >= 0.6 is 0 Å². The summed E-state index contributed by atoms with van der Waals surface area (Å²) in [5, 5.41) is 1.14. The van der Waals surface area contributed by atoms with E-state index in [2.05, 4.69) is 63.0 Å². The molecule has 2 nitrogen and oxygen atoms in total. The second kappa shape index (κ2) is 7.66. The average Bonchev–Trinajstić information content (AvgIpc) is 3.20. The average molecular weight is 375 g/mol. The highest BCUT2D eigenvalue weighted by atomic mass is 15.0. The predicted molar refractivity (Wildman–Crippen MR) is 118 cm³/mol. The van der Waals surface area contributed by atoms with E-state index < -0.39 is 0 Å². The van der Waals surface area contributed by atoms with Crippen LogP contribution in [0.2, 0.25) is 0 Å². The molecule has 0 aliphatic heterocycles. The Kier molecular flexibility index (Phi) is 4.88. The molecule has 0 unspecified atom stereocenters. The first-order chi connectivity index (χ1) is 13.8. The zero-order chi connectivity index (χ0) is 20.7. The van der Waals surface area contributed by atoms with Crippen molar-refractivity contribution in [3.05, 3.63) is 58.9 Å². The molecule has 0 atom stereocenters. The Morgan fingerprint density at radius 1 is 1.14 bits per heavy atom.